The SMILES string of the molecule is COCC(C)NC(=O)c1ccncc1N. The average molecular weight is 209 g/mol. The van der Waals surface area contributed by atoms with Gasteiger partial charge in [0, 0.05) is 19.3 Å². The summed E-state index contributed by atoms with van der Waals surface area (Å²) in [6, 6.07) is 1.54. The maximum atomic E-state index is 11.7. The number of nitrogens with one attached hydrogen (secondary N) is 1. The van der Waals surface area contributed by atoms with Crippen LogP contribution in [0.5, 0.6) is 0 Å². The molecule has 0 aliphatic heterocycles. The zero-order chi connectivity index (χ0) is 11.3. The number of hydrogen-bond acceptors (Lipinski definition) is 4. The lowest BCUT2D eigenvalue weighted by Gasteiger charge is -2.13. The van der Waals surface area contributed by atoms with Crippen molar-refractivity contribution in [3.8, 4) is 0 Å². The normalized spacial score (nSPS) is 12.1. The molecule has 1 unspecified atom stereocenters. The number of nitrogens with two attached hydrogens (primary N) is 1. The molecule has 1 heterocycles. The number of carbonyl (C=O) groups is 1. The van der Waals surface area contributed by atoms with Gasteiger partial charge < -0.3 is 15.8 Å². The van der Waals surface area contributed by atoms with Crippen molar-refractivity contribution >= 4 is 11.6 Å². The summed E-state index contributed by atoms with van der Waals surface area (Å²) >= 11 is 0. The van der Waals surface area contributed by atoms with Crippen LogP contribution in [-0.2, 0) is 4.74 Å². The molecular formula is C10H15N3O2. The van der Waals surface area contributed by atoms with Gasteiger partial charge in [-0.1, -0.05) is 0 Å². The molecule has 0 saturated carbocycles. The van der Waals surface area contributed by atoms with E-state index in [9.17, 15) is 4.79 Å². The molecule has 0 spiro atoms. The first kappa shape index (κ1) is 11.5. The molecule has 1 rings (SSSR count). The van der Waals surface area contributed by atoms with Crippen LogP contribution in [0.15, 0.2) is 18.5 Å². The van der Waals surface area contributed by atoms with E-state index < -0.39 is 0 Å². The number of nitrogen functional groups attached to an aromatic ring is 1. The standard InChI is InChI=1S/C10H15N3O2/c1-7(6-15-2)13-10(14)8-3-4-12-5-9(8)11/h3-5,7H,6,11H2,1-2H3,(H,13,14). The van der Waals surface area contributed by atoms with Crippen LogP contribution in [0, 0.1) is 0 Å². The van der Waals surface area contributed by atoms with Crippen molar-refractivity contribution in [3.05, 3.63) is 24.0 Å². The molecule has 5 nitrogen and oxygen atoms in total. The minimum atomic E-state index is -0.209. The summed E-state index contributed by atoms with van der Waals surface area (Å²) in [6.45, 7) is 2.33. The van der Waals surface area contributed by atoms with Gasteiger partial charge in [-0.2, -0.15) is 0 Å². The Bertz CT molecular complexity index is 341. The summed E-state index contributed by atoms with van der Waals surface area (Å²) in [4.78, 5) is 15.5. The third-order valence-electron chi connectivity index (χ3n) is 1.89. The maximum Gasteiger partial charge on any atom is 0.253 e. The first-order valence-electron chi connectivity index (χ1n) is 4.64. The predicted octanol–water partition coefficient (Wildman–Crippen LogP) is 0.429. The van der Waals surface area contributed by atoms with Crippen LogP contribution >= 0.6 is 0 Å². The molecule has 1 atom stereocenters. The number of anilines is 1. The van der Waals surface area contributed by atoms with E-state index in [4.69, 9.17) is 10.5 Å². The molecule has 0 radical (unpaired) electrons. The van der Waals surface area contributed by atoms with Gasteiger partial charge in [0.25, 0.3) is 5.91 Å². The van der Waals surface area contributed by atoms with Gasteiger partial charge in [0.15, 0.2) is 0 Å². The molecule has 3 N–H and O–H groups in total. The van der Waals surface area contributed by atoms with Crippen LogP contribution in [0.25, 0.3) is 0 Å². The van der Waals surface area contributed by atoms with E-state index in [-0.39, 0.29) is 11.9 Å². The molecule has 0 aromatic carbocycles. The van der Waals surface area contributed by atoms with Crippen LogP contribution in [0.1, 0.15) is 17.3 Å². The Morgan fingerprint density at radius 1 is 1.73 bits per heavy atom. The molecule has 82 valence electrons. The quantitative estimate of drug-likeness (QED) is 0.753. The Kier molecular flexibility index (Phi) is 4.05. The van der Waals surface area contributed by atoms with E-state index in [2.05, 4.69) is 10.3 Å². The van der Waals surface area contributed by atoms with E-state index in [0.717, 1.165) is 0 Å². The van der Waals surface area contributed by atoms with Gasteiger partial charge in [-0.15, -0.1) is 0 Å². The van der Waals surface area contributed by atoms with Gasteiger partial charge in [-0.25, -0.2) is 0 Å². The van der Waals surface area contributed by atoms with E-state index in [1.807, 2.05) is 6.92 Å². The largest absolute Gasteiger partial charge is 0.397 e. The zero-order valence-corrected chi connectivity index (χ0v) is 8.86. The third-order valence-corrected chi connectivity index (χ3v) is 1.89. The lowest BCUT2D eigenvalue weighted by Crippen LogP contribution is -2.35. The monoisotopic (exact) mass is 209 g/mol. The maximum absolute atomic E-state index is 11.7. The van der Waals surface area contributed by atoms with Crippen molar-refractivity contribution in [1.29, 1.82) is 0 Å². The first-order chi connectivity index (χ1) is 7.15. The second-order valence-corrected chi connectivity index (χ2v) is 3.29. The number of amides is 1. The Labute approximate surface area is 88.6 Å². The number of methoxy groups -OCH3 is 1. The molecule has 5 heteroatoms. The average Bonchev–Trinajstić information content (AvgIpc) is 2.18. The fraction of sp³-hybridized carbons (Fsp3) is 0.400. The van der Waals surface area contributed by atoms with Crippen molar-refractivity contribution in [3.63, 3.8) is 0 Å². The molecular weight excluding hydrogens is 194 g/mol. The molecule has 0 aliphatic rings. The Balaban J connectivity index is 2.65. The number of hydrogen-bond donors (Lipinski definition) is 2. The van der Waals surface area contributed by atoms with Gasteiger partial charge in [0.05, 0.1) is 24.1 Å². The van der Waals surface area contributed by atoms with Crippen molar-refractivity contribution in [2.75, 3.05) is 19.5 Å². The van der Waals surface area contributed by atoms with Crippen molar-refractivity contribution < 1.29 is 9.53 Å². The minimum absolute atomic E-state index is 0.0462. The van der Waals surface area contributed by atoms with Crippen LogP contribution in [0.2, 0.25) is 0 Å². The topological polar surface area (TPSA) is 77.2 Å². The Morgan fingerprint density at radius 2 is 2.47 bits per heavy atom. The van der Waals surface area contributed by atoms with Crippen molar-refractivity contribution in [2.24, 2.45) is 0 Å². The number of aromatic nitrogens is 1. The summed E-state index contributed by atoms with van der Waals surface area (Å²) < 4.78 is 4.91. The summed E-state index contributed by atoms with van der Waals surface area (Å²) in [6.07, 6.45) is 2.99. The van der Waals surface area contributed by atoms with Gasteiger partial charge >= 0.3 is 0 Å². The molecule has 0 aliphatic carbocycles. The molecule has 15 heavy (non-hydrogen) atoms. The molecule has 1 aromatic heterocycles. The smallest absolute Gasteiger partial charge is 0.253 e. The van der Waals surface area contributed by atoms with Gasteiger partial charge in [-0.3, -0.25) is 9.78 Å². The number of pyridine rings is 1. The second-order valence-electron chi connectivity index (χ2n) is 3.29. The van der Waals surface area contributed by atoms with E-state index in [1.165, 1.54) is 12.4 Å². The van der Waals surface area contributed by atoms with Crippen LogP contribution in [-0.4, -0.2) is 30.6 Å². The van der Waals surface area contributed by atoms with Crippen molar-refractivity contribution in [1.82, 2.24) is 10.3 Å². The van der Waals surface area contributed by atoms with E-state index in [0.29, 0.717) is 17.9 Å². The Morgan fingerprint density at radius 3 is 3.07 bits per heavy atom. The molecule has 1 aromatic rings. The van der Waals surface area contributed by atoms with Crippen LogP contribution < -0.4 is 11.1 Å². The fourth-order valence-corrected chi connectivity index (χ4v) is 1.21. The summed E-state index contributed by atoms with van der Waals surface area (Å²) in [5.74, 6) is -0.209. The number of ether oxygens (including phenoxy) is 1. The summed E-state index contributed by atoms with van der Waals surface area (Å²) in [5.41, 5.74) is 6.43. The highest BCUT2D eigenvalue weighted by molar-refractivity contribution is 5.98. The first-order valence-corrected chi connectivity index (χ1v) is 4.64. The number of nitrogens with zero attached hydrogens (tertiary/aromatic N) is 1. The zero-order valence-electron chi connectivity index (χ0n) is 8.86. The summed E-state index contributed by atoms with van der Waals surface area (Å²) in [5, 5.41) is 2.77. The highest BCUT2D eigenvalue weighted by Crippen LogP contribution is 2.08. The predicted molar refractivity (Wildman–Crippen MR) is 57.5 cm³/mol. The lowest BCUT2D eigenvalue weighted by molar-refractivity contribution is 0.0906. The fourth-order valence-electron chi connectivity index (χ4n) is 1.21. The molecule has 0 saturated heterocycles. The minimum Gasteiger partial charge on any atom is -0.397 e. The molecule has 0 bridgehead atoms. The van der Waals surface area contributed by atoms with Crippen molar-refractivity contribution in [2.45, 2.75) is 13.0 Å². The van der Waals surface area contributed by atoms with E-state index >= 15 is 0 Å². The van der Waals surface area contributed by atoms with Gasteiger partial charge in [-0.05, 0) is 13.0 Å². The third kappa shape index (κ3) is 3.21. The van der Waals surface area contributed by atoms with Gasteiger partial charge in [0.2, 0.25) is 0 Å². The number of carbonyl (C=O) groups excluding carboxylic acids is 1. The Hall–Kier alpha value is -1.62. The van der Waals surface area contributed by atoms with E-state index in [1.54, 1.807) is 13.2 Å². The van der Waals surface area contributed by atoms with Crippen LogP contribution in [0.4, 0.5) is 5.69 Å². The number of rotatable bonds is 4. The van der Waals surface area contributed by atoms with Gasteiger partial charge in [0.1, 0.15) is 0 Å². The highest BCUT2D eigenvalue weighted by Gasteiger charge is 2.11. The van der Waals surface area contributed by atoms with Crippen LogP contribution in [0.3, 0.4) is 0 Å². The molecule has 0 fully saturated rings. The summed E-state index contributed by atoms with van der Waals surface area (Å²) in [7, 11) is 1.59. The lowest BCUT2D eigenvalue weighted by atomic mass is 10.2. The second kappa shape index (κ2) is 5.31. The highest BCUT2D eigenvalue weighted by atomic mass is 16.5. The molecule has 1 amide bonds.